The van der Waals surface area contributed by atoms with Crippen molar-refractivity contribution < 1.29 is 14.4 Å². The van der Waals surface area contributed by atoms with Crippen LogP contribution in [0.4, 0.5) is 5.69 Å². The van der Waals surface area contributed by atoms with Gasteiger partial charge in [0.25, 0.3) is 5.91 Å². The molecule has 2 aliphatic rings. The monoisotopic (exact) mass is 360 g/mol. The molecule has 7 nitrogen and oxygen atoms in total. The van der Waals surface area contributed by atoms with Crippen molar-refractivity contribution >= 4 is 34.0 Å². The Bertz CT molecular complexity index is 1150. The van der Waals surface area contributed by atoms with Crippen LogP contribution in [0.3, 0.4) is 0 Å². The molecule has 0 unspecified atom stereocenters. The van der Waals surface area contributed by atoms with Gasteiger partial charge in [-0.2, -0.15) is 5.10 Å². The third kappa shape index (κ3) is 2.14. The average molecular weight is 360 g/mol. The van der Waals surface area contributed by atoms with E-state index in [1.54, 1.807) is 16.9 Å². The van der Waals surface area contributed by atoms with E-state index in [1.807, 2.05) is 50.4 Å². The highest BCUT2D eigenvalue weighted by molar-refractivity contribution is 6.32. The predicted molar refractivity (Wildman–Crippen MR) is 99.3 cm³/mol. The molecule has 5 rings (SSSR count). The minimum Gasteiger partial charge on any atom is -0.381 e. The first-order valence-electron chi connectivity index (χ1n) is 8.65. The summed E-state index contributed by atoms with van der Waals surface area (Å²) >= 11 is 0. The molecule has 3 aromatic rings. The highest BCUT2D eigenvalue weighted by atomic mass is 16.6. The zero-order valence-corrected chi connectivity index (χ0v) is 14.8. The van der Waals surface area contributed by atoms with E-state index >= 15 is 0 Å². The lowest BCUT2D eigenvalue weighted by atomic mass is 9.94. The number of hydrogen-bond donors (Lipinski definition) is 0. The van der Waals surface area contributed by atoms with E-state index in [-0.39, 0.29) is 11.8 Å². The van der Waals surface area contributed by atoms with Crippen molar-refractivity contribution in [1.29, 1.82) is 0 Å². The molecular weight excluding hydrogens is 344 g/mol. The van der Waals surface area contributed by atoms with E-state index in [1.165, 1.54) is 4.90 Å². The zero-order valence-electron chi connectivity index (χ0n) is 14.8. The molecule has 134 valence electrons. The number of carbonyl (C=O) groups excluding carboxylic acids is 2. The molecule has 2 aromatic carbocycles. The molecule has 0 saturated carbocycles. The molecule has 2 atom stereocenters. The number of aromatic nitrogens is 2. The lowest BCUT2D eigenvalue weighted by molar-refractivity contribution is -0.126. The van der Waals surface area contributed by atoms with Gasteiger partial charge in [0.15, 0.2) is 0 Å². The van der Waals surface area contributed by atoms with Crippen LogP contribution in [-0.4, -0.2) is 33.4 Å². The van der Waals surface area contributed by atoms with E-state index in [9.17, 15) is 9.59 Å². The summed E-state index contributed by atoms with van der Waals surface area (Å²) in [5, 5.41) is 10.2. The molecule has 2 amide bonds. The Balaban J connectivity index is 1.55. The number of fused-ring (bicyclic) bond motifs is 2. The van der Waals surface area contributed by atoms with Crippen molar-refractivity contribution in [3.63, 3.8) is 0 Å². The van der Waals surface area contributed by atoms with Gasteiger partial charge in [-0.25, -0.2) is 4.90 Å². The van der Waals surface area contributed by atoms with Crippen LogP contribution in [-0.2, 0) is 21.5 Å². The first kappa shape index (κ1) is 15.7. The molecule has 0 aliphatic carbocycles. The number of aryl methyl sites for hydroxylation is 1. The van der Waals surface area contributed by atoms with Crippen LogP contribution in [0.25, 0.3) is 10.8 Å². The van der Waals surface area contributed by atoms with Gasteiger partial charge >= 0.3 is 0 Å². The van der Waals surface area contributed by atoms with Gasteiger partial charge in [0, 0.05) is 18.3 Å². The lowest BCUT2D eigenvalue weighted by Gasteiger charge is -2.16. The van der Waals surface area contributed by atoms with Crippen molar-refractivity contribution in [2.75, 3.05) is 4.90 Å². The number of benzene rings is 2. The number of rotatable bonds is 2. The molecule has 7 heteroatoms. The molecule has 2 aliphatic heterocycles. The Hall–Kier alpha value is -3.48. The highest BCUT2D eigenvalue weighted by Crippen LogP contribution is 2.36. The van der Waals surface area contributed by atoms with E-state index in [0.717, 1.165) is 22.0 Å². The number of amides is 2. The summed E-state index contributed by atoms with van der Waals surface area (Å²) in [7, 11) is 1.82. The fourth-order valence-corrected chi connectivity index (χ4v) is 3.72. The first-order valence-corrected chi connectivity index (χ1v) is 8.65. The van der Waals surface area contributed by atoms with Crippen LogP contribution in [0.1, 0.15) is 11.3 Å². The average Bonchev–Trinajstić information content (AvgIpc) is 3.32. The molecule has 0 spiro atoms. The van der Waals surface area contributed by atoms with E-state index < -0.39 is 12.0 Å². The normalized spacial score (nSPS) is 21.6. The fourth-order valence-electron chi connectivity index (χ4n) is 3.72. The number of carbonyl (C=O) groups is 2. The van der Waals surface area contributed by atoms with Crippen molar-refractivity contribution in [1.82, 2.24) is 9.78 Å². The van der Waals surface area contributed by atoms with Crippen LogP contribution in [0.15, 0.2) is 53.8 Å². The van der Waals surface area contributed by atoms with E-state index in [4.69, 9.17) is 4.84 Å². The van der Waals surface area contributed by atoms with Crippen LogP contribution in [0.5, 0.6) is 0 Å². The Morgan fingerprint density at radius 2 is 1.81 bits per heavy atom. The minimum absolute atomic E-state index is 0.320. The SMILES string of the molecule is Cc1c(C2=NO[C@@H]3C(=O)N(c4ccc5ccccc5c4)C(=O)[C@@H]23)cnn1C. The largest absolute Gasteiger partial charge is 0.381 e. The highest BCUT2D eigenvalue weighted by Gasteiger charge is 2.56. The van der Waals surface area contributed by atoms with Crippen LogP contribution >= 0.6 is 0 Å². The third-order valence-electron chi connectivity index (χ3n) is 5.31. The summed E-state index contributed by atoms with van der Waals surface area (Å²) in [5.74, 6) is -1.45. The minimum atomic E-state index is -0.918. The standard InChI is InChI=1S/C20H16N4O3/c1-11-15(10-21-23(11)2)17-16-18(27-22-17)20(26)24(19(16)25)14-8-7-12-5-3-4-6-13(12)9-14/h3-10,16,18H,1-2H3/t16-,18-/m0/s1. The molecule has 0 N–H and O–H groups in total. The van der Waals surface area contributed by atoms with Gasteiger partial charge in [-0.3, -0.25) is 14.3 Å². The van der Waals surface area contributed by atoms with E-state index in [2.05, 4.69) is 10.3 Å². The Morgan fingerprint density at radius 1 is 1.04 bits per heavy atom. The molecule has 0 radical (unpaired) electrons. The van der Waals surface area contributed by atoms with Crippen molar-refractivity contribution in [3.8, 4) is 0 Å². The molecule has 27 heavy (non-hydrogen) atoms. The lowest BCUT2D eigenvalue weighted by Crippen LogP contribution is -2.33. The number of hydrogen-bond acceptors (Lipinski definition) is 5. The van der Waals surface area contributed by atoms with Gasteiger partial charge in [0.2, 0.25) is 12.0 Å². The Morgan fingerprint density at radius 3 is 2.56 bits per heavy atom. The fraction of sp³-hybridized carbons (Fsp3) is 0.200. The first-order chi connectivity index (χ1) is 13.1. The number of nitrogens with zero attached hydrogens (tertiary/aromatic N) is 4. The van der Waals surface area contributed by atoms with Crippen molar-refractivity contribution in [2.45, 2.75) is 13.0 Å². The van der Waals surface area contributed by atoms with Gasteiger partial charge in [0.1, 0.15) is 11.6 Å². The second-order valence-corrected chi connectivity index (χ2v) is 6.79. The van der Waals surface area contributed by atoms with Crippen molar-refractivity contribution in [3.05, 3.63) is 59.9 Å². The second-order valence-electron chi connectivity index (χ2n) is 6.79. The summed E-state index contributed by atoms with van der Waals surface area (Å²) in [6.07, 6.45) is 0.731. The maximum Gasteiger partial charge on any atom is 0.278 e. The third-order valence-corrected chi connectivity index (χ3v) is 5.31. The molecule has 0 bridgehead atoms. The summed E-state index contributed by atoms with van der Waals surface area (Å²) in [6, 6.07) is 13.3. The summed E-state index contributed by atoms with van der Waals surface area (Å²) in [4.78, 5) is 32.6. The van der Waals surface area contributed by atoms with Crippen molar-refractivity contribution in [2.24, 2.45) is 18.1 Å². The number of imide groups is 1. The van der Waals surface area contributed by atoms with Gasteiger partial charge in [-0.15, -0.1) is 0 Å². The van der Waals surface area contributed by atoms with Crippen LogP contribution in [0.2, 0.25) is 0 Å². The smallest absolute Gasteiger partial charge is 0.278 e. The molecule has 1 fully saturated rings. The van der Waals surface area contributed by atoms with Gasteiger partial charge in [-0.05, 0) is 29.8 Å². The van der Waals surface area contributed by atoms with Gasteiger partial charge < -0.3 is 4.84 Å². The summed E-state index contributed by atoms with van der Waals surface area (Å²) < 4.78 is 1.70. The van der Waals surface area contributed by atoms with Gasteiger partial charge in [-0.1, -0.05) is 35.5 Å². The van der Waals surface area contributed by atoms with Gasteiger partial charge in [0.05, 0.1) is 11.9 Å². The zero-order chi connectivity index (χ0) is 18.7. The maximum absolute atomic E-state index is 13.2. The van der Waals surface area contributed by atoms with Crippen LogP contribution in [0, 0.1) is 12.8 Å². The molecule has 1 aromatic heterocycles. The predicted octanol–water partition coefficient (Wildman–Crippen LogP) is 2.17. The Labute approximate surface area is 154 Å². The summed E-state index contributed by atoms with van der Waals surface area (Å²) in [6.45, 7) is 1.89. The quantitative estimate of drug-likeness (QED) is 0.657. The Kier molecular flexibility index (Phi) is 3.21. The molecule has 1 saturated heterocycles. The second kappa shape index (κ2) is 5.51. The molecular formula is C20H16N4O3. The summed E-state index contributed by atoms with van der Waals surface area (Å²) in [5.41, 5.74) is 2.60. The maximum atomic E-state index is 13.2. The van der Waals surface area contributed by atoms with E-state index in [0.29, 0.717) is 11.4 Å². The number of anilines is 1. The topological polar surface area (TPSA) is 76.8 Å². The molecule has 3 heterocycles. The number of oxime groups is 1. The van der Waals surface area contributed by atoms with Crippen LogP contribution < -0.4 is 4.90 Å².